The first kappa shape index (κ1) is 13.9. The number of nitrogens with zero attached hydrogens (tertiary/aromatic N) is 3. The molecule has 0 spiro atoms. The number of non-ortho nitro benzene ring substituents is 1. The molecule has 0 amide bonds. The number of nitro benzene ring substituents is 1. The molecule has 1 atom stereocenters. The van der Waals surface area contributed by atoms with Gasteiger partial charge in [0.05, 0.1) is 28.9 Å². The Balaban J connectivity index is 3.03. The number of benzene rings is 1. The third kappa shape index (κ3) is 3.16. The lowest BCUT2D eigenvalue weighted by Gasteiger charge is -2.22. The molecule has 1 rings (SSSR count). The standard InChI is InChI=1S/C11H13N3O4/c1-13(6-10(16)7-15)11-3-2-9(14(17)18)4-8(11)5-12/h2-4,10,15-16H,6-7H2,1H3/t10-/m0/s1. The summed E-state index contributed by atoms with van der Waals surface area (Å²) < 4.78 is 0. The van der Waals surface area contributed by atoms with Gasteiger partial charge in [-0.05, 0) is 6.07 Å². The van der Waals surface area contributed by atoms with Crippen LogP contribution in [0.2, 0.25) is 0 Å². The molecule has 1 aromatic carbocycles. The number of likely N-dealkylation sites (N-methyl/N-ethyl adjacent to an activating group) is 1. The molecule has 0 aliphatic heterocycles. The molecule has 96 valence electrons. The highest BCUT2D eigenvalue weighted by Crippen LogP contribution is 2.24. The van der Waals surface area contributed by atoms with Crippen molar-refractivity contribution in [2.75, 3.05) is 25.1 Å². The van der Waals surface area contributed by atoms with Crippen LogP contribution >= 0.6 is 0 Å². The van der Waals surface area contributed by atoms with Crippen molar-refractivity contribution < 1.29 is 15.1 Å². The molecular weight excluding hydrogens is 238 g/mol. The van der Waals surface area contributed by atoms with Crippen molar-refractivity contribution in [3.8, 4) is 6.07 Å². The zero-order valence-corrected chi connectivity index (χ0v) is 9.78. The van der Waals surface area contributed by atoms with E-state index >= 15 is 0 Å². The highest BCUT2D eigenvalue weighted by Gasteiger charge is 2.15. The summed E-state index contributed by atoms with van der Waals surface area (Å²) in [5.41, 5.74) is 0.457. The molecule has 0 heterocycles. The number of aliphatic hydroxyl groups excluding tert-OH is 2. The molecule has 7 heteroatoms. The number of nitriles is 1. The molecule has 0 bridgehead atoms. The summed E-state index contributed by atoms with van der Waals surface area (Å²) >= 11 is 0. The van der Waals surface area contributed by atoms with Crippen LogP contribution in [0.15, 0.2) is 18.2 Å². The number of hydrogen-bond acceptors (Lipinski definition) is 6. The van der Waals surface area contributed by atoms with Gasteiger partial charge in [-0.2, -0.15) is 5.26 Å². The summed E-state index contributed by atoms with van der Waals surface area (Å²) in [7, 11) is 1.63. The van der Waals surface area contributed by atoms with Crippen molar-refractivity contribution in [1.29, 1.82) is 5.26 Å². The fourth-order valence-electron chi connectivity index (χ4n) is 1.53. The monoisotopic (exact) mass is 251 g/mol. The number of anilines is 1. The Morgan fingerprint density at radius 1 is 1.61 bits per heavy atom. The lowest BCUT2D eigenvalue weighted by Crippen LogP contribution is -2.31. The first-order valence-electron chi connectivity index (χ1n) is 5.18. The number of nitro groups is 1. The lowest BCUT2D eigenvalue weighted by molar-refractivity contribution is -0.384. The third-order valence-electron chi connectivity index (χ3n) is 2.42. The molecule has 0 unspecified atom stereocenters. The first-order valence-corrected chi connectivity index (χ1v) is 5.18. The number of rotatable bonds is 5. The van der Waals surface area contributed by atoms with Gasteiger partial charge in [0.1, 0.15) is 6.07 Å². The number of aliphatic hydroxyl groups is 2. The smallest absolute Gasteiger partial charge is 0.270 e. The third-order valence-corrected chi connectivity index (χ3v) is 2.42. The minimum atomic E-state index is -0.934. The molecular formula is C11H13N3O4. The predicted molar refractivity (Wildman–Crippen MR) is 64.2 cm³/mol. The molecule has 0 aromatic heterocycles. The minimum Gasteiger partial charge on any atom is -0.394 e. The average Bonchev–Trinajstić information content (AvgIpc) is 2.37. The van der Waals surface area contributed by atoms with E-state index in [9.17, 15) is 15.2 Å². The maximum absolute atomic E-state index is 10.6. The Morgan fingerprint density at radius 2 is 2.28 bits per heavy atom. The summed E-state index contributed by atoms with van der Waals surface area (Å²) in [5.74, 6) is 0. The quantitative estimate of drug-likeness (QED) is 0.573. The van der Waals surface area contributed by atoms with Gasteiger partial charge in [-0.1, -0.05) is 0 Å². The second-order valence-corrected chi connectivity index (χ2v) is 3.79. The Morgan fingerprint density at radius 3 is 2.78 bits per heavy atom. The van der Waals surface area contributed by atoms with Crippen LogP contribution in [0.1, 0.15) is 5.56 Å². The fraction of sp³-hybridized carbons (Fsp3) is 0.364. The van der Waals surface area contributed by atoms with Crippen molar-refractivity contribution in [1.82, 2.24) is 0 Å². The van der Waals surface area contributed by atoms with E-state index in [0.717, 1.165) is 0 Å². The summed E-state index contributed by atoms with van der Waals surface area (Å²) in [5, 5.41) is 37.6. The molecule has 0 saturated heterocycles. The van der Waals surface area contributed by atoms with Crippen LogP contribution in [0.3, 0.4) is 0 Å². The van der Waals surface area contributed by atoms with Crippen molar-refractivity contribution in [3.05, 3.63) is 33.9 Å². The van der Waals surface area contributed by atoms with E-state index in [0.29, 0.717) is 5.69 Å². The maximum atomic E-state index is 10.6. The zero-order valence-electron chi connectivity index (χ0n) is 9.78. The van der Waals surface area contributed by atoms with Gasteiger partial charge < -0.3 is 15.1 Å². The molecule has 2 N–H and O–H groups in total. The first-order chi connectivity index (χ1) is 8.49. The van der Waals surface area contributed by atoms with Gasteiger partial charge in [0, 0.05) is 25.7 Å². The molecule has 0 aliphatic rings. The van der Waals surface area contributed by atoms with Gasteiger partial charge in [0.25, 0.3) is 5.69 Å². The van der Waals surface area contributed by atoms with E-state index in [1.165, 1.54) is 18.2 Å². The molecule has 0 aliphatic carbocycles. The lowest BCUT2D eigenvalue weighted by atomic mass is 10.1. The Hall–Kier alpha value is -2.17. The largest absolute Gasteiger partial charge is 0.394 e. The summed E-state index contributed by atoms with van der Waals surface area (Å²) in [4.78, 5) is 11.6. The van der Waals surface area contributed by atoms with E-state index in [4.69, 9.17) is 10.4 Å². The molecule has 1 aromatic rings. The van der Waals surface area contributed by atoms with E-state index in [-0.39, 0.29) is 24.4 Å². The second-order valence-electron chi connectivity index (χ2n) is 3.79. The zero-order chi connectivity index (χ0) is 13.7. The Bertz CT molecular complexity index is 484. The summed E-state index contributed by atoms with van der Waals surface area (Å²) in [6, 6.07) is 5.79. The van der Waals surface area contributed by atoms with Gasteiger partial charge in [-0.25, -0.2) is 0 Å². The summed E-state index contributed by atoms with van der Waals surface area (Å²) in [6.07, 6.45) is -0.934. The Labute approximate surface area is 104 Å². The summed E-state index contributed by atoms with van der Waals surface area (Å²) in [6.45, 7) is -0.262. The van der Waals surface area contributed by atoms with Crippen molar-refractivity contribution in [3.63, 3.8) is 0 Å². The molecule has 0 fully saturated rings. The van der Waals surface area contributed by atoms with Gasteiger partial charge in [-0.3, -0.25) is 10.1 Å². The number of hydrogen-bond donors (Lipinski definition) is 2. The van der Waals surface area contributed by atoms with E-state index in [2.05, 4.69) is 0 Å². The van der Waals surface area contributed by atoms with Crippen LogP contribution in [0.4, 0.5) is 11.4 Å². The fourth-order valence-corrected chi connectivity index (χ4v) is 1.53. The topological polar surface area (TPSA) is 111 Å². The normalized spacial score (nSPS) is 11.7. The maximum Gasteiger partial charge on any atom is 0.270 e. The van der Waals surface area contributed by atoms with E-state index < -0.39 is 11.0 Å². The van der Waals surface area contributed by atoms with Gasteiger partial charge in [-0.15, -0.1) is 0 Å². The highest BCUT2D eigenvalue weighted by atomic mass is 16.6. The van der Waals surface area contributed by atoms with Crippen molar-refractivity contribution in [2.45, 2.75) is 6.10 Å². The second kappa shape index (κ2) is 5.95. The predicted octanol–water partition coefficient (Wildman–Crippen LogP) is 0.256. The minimum absolute atomic E-state index is 0.128. The van der Waals surface area contributed by atoms with Crippen LogP contribution in [0.25, 0.3) is 0 Å². The average molecular weight is 251 g/mol. The van der Waals surface area contributed by atoms with Crippen LogP contribution in [-0.4, -0.2) is 41.4 Å². The molecule has 0 saturated carbocycles. The van der Waals surface area contributed by atoms with Crippen LogP contribution in [0, 0.1) is 21.4 Å². The van der Waals surface area contributed by atoms with Crippen molar-refractivity contribution in [2.24, 2.45) is 0 Å². The molecule has 0 radical (unpaired) electrons. The molecule has 7 nitrogen and oxygen atoms in total. The van der Waals surface area contributed by atoms with E-state index in [1.54, 1.807) is 11.9 Å². The van der Waals surface area contributed by atoms with Gasteiger partial charge >= 0.3 is 0 Å². The SMILES string of the molecule is CN(C[C@H](O)CO)c1ccc([N+](=O)[O-])cc1C#N. The van der Waals surface area contributed by atoms with Crippen LogP contribution in [-0.2, 0) is 0 Å². The van der Waals surface area contributed by atoms with Crippen LogP contribution in [0.5, 0.6) is 0 Å². The van der Waals surface area contributed by atoms with E-state index in [1.807, 2.05) is 6.07 Å². The Kier molecular flexibility index (Phi) is 4.59. The highest BCUT2D eigenvalue weighted by molar-refractivity contribution is 5.62. The molecule has 18 heavy (non-hydrogen) atoms. The van der Waals surface area contributed by atoms with Crippen LogP contribution < -0.4 is 4.90 Å². The van der Waals surface area contributed by atoms with Crippen molar-refractivity contribution >= 4 is 11.4 Å². The van der Waals surface area contributed by atoms with Gasteiger partial charge in [0.15, 0.2) is 0 Å². The van der Waals surface area contributed by atoms with Gasteiger partial charge in [0.2, 0.25) is 0 Å².